The van der Waals surface area contributed by atoms with Crippen LogP contribution in [-0.4, -0.2) is 33.3 Å². The Labute approximate surface area is 99.5 Å². The summed E-state index contributed by atoms with van der Waals surface area (Å²) in [4.78, 5) is 11.6. The molecule has 1 N–H and O–H groups in total. The second kappa shape index (κ2) is 6.35. The summed E-state index contributed by atoms with van der Waals surface area (Å²) >= 11 is 5.94. The van der Waals surface area contributed by atoms with Crippen LogP contribution in [0.2, 0.25) is 5.02 Å². The SMILES string of the molecule is COCCNC(=O)c1ccc(OC)cc1Cl. The first-order valence-electron chi connectivity index (χ1n) is 4.79. The van der Waals surface area contributed by atoms with Gasteiger partial charge in [0.1, 0.15) is 5.75 Å². The Morgan fingerprint density at radius 2 is 2.19 bits per heavy atom. The van der Waals surface area contributed by atoms with Crippen molar-refractivity contribution in [2.24, 2.45) is 0 Å². The van der Waals surface area contributed by atoms with Gasteiger partial charge in [-0.3, -0.25) is 4.79 Å². The van der Waals surface area contributed by atoms with Crippen molar-refractivity contribution in [2.45, 2.75) is 0 Å². The summed E-state index contributed by atoms with van der Waals surface area (Å²) < 4.78 is 9.82. The molecule has 88 valence electrons. The lowest BCUT2D eigenvalue weighted by atomic mass is 10.2. The Hall–Kier alpha value is -1.26. The van der Waals surface area contributed by atoms with Crippen LogP contribution in [0.25, 0.3) is 0 Å². The van der Waals surface area contributed by atoms with E-state index in [1.165, 1.54) is 0 Å². The van der Waals surface area contributed by atoms with Crippen molar-refractivity contribution in [3.63, 3.8) is 0 Å². The van der Waals surface area contributed by atoms with Gasteiger partial charge in [0.05, 0.1) is 24.3 Å². The van der Waals surface area contributed by atoms with E-state index in [1.54, 1.807) is 32.4 Å². The Morgan fingerprint density at radius 1 is 1.44 bits per heavy atom. The van der Waals surface area contributed by atoms with Gasteiger partial charge in [0.15, 0.2) is 0 Å². The summed E-state index contributed by atoms with van der Waals surface area (Å²) in [6.07, 6.45) is 0. The molecule has 0 spiro atoms. The first-order valence-corrected chi connectivity index (χ1v) is 5.17. The number of rotatable bonds is 5. The molecule has 0 saturated heterocycles. The van der Waals surface area contributed by atoms with Crippen molar-refractivity contribution in [2.75, 3.05) is 27.4 Å². The molecule has 0 fully saturated rings. The van der Waals surface area contributed by atoms with Gasteiger partial charge < -0.3 is 14.8 Å². The fourth-order valence-corrected chi connectivity index (χ4v) is 1.43. The molecule has 0 atom stereocenters. The highest BCUT2D eigenvalue weighted by Crippen LogP contribution is 2.22. The molecule has 0 aliphatic heterocycles. The minimum Gasteiger partial charge on any atom is -0.497 e. The van der Waals surface area contributed by atoms with Crippen molar-refractivity contribution >= 4 is 17.5 Å². The number of hydrogen-bond donors (Lipinski definition) is 1. The number of amides is 1. The number of hydrogen-bond acceptors (Lipinski definition) is 3. The van der Waals surface area contributed by atoms with E-state index in [9.17, 15) is 4.79 Å². The van der Waals surface area contributed by atoms with Crippen molar-refractivity contribution in [3.8, 4) is 5.75 Å². The van der Waals surface area contributed by atoms with Gasteiger partial charge in [-0.2, -0.15) is 0 Å². The van der Waals surface area contributed by atoms with Gasteiger partial charge in [-0.25, -0.2) is 0 Å². The van der Waals surface area contributed by atoms with Crippen LogP contribution >= 0.6 is 11.6 Å². The maximum absolute atomic E-state index is 11.6. The summed E-state index contributed by atoms with van der Waals surface area (Å²) in [6, 6.07) is 4.92. The average Bonchev–Trinajstić information content (AvgIpc) is 2.29. The smallest absolute Gasteiger partial charge is 0.252 e. The first kappa shape index (κ1) is 12.8. The highest BCUT2D eigenvalue weighted by atomic mass is 35.5. The second-order valence-corrected chi connectivity index (χ2v) is 3.50. The van der Waals surface area contributed by atoms with E-state index in [4.69, 9.17) is 21.1 Å². The third kappa shape index (κ3) is 3.40. The molecule has 0 aliphatic carbocycles. The Morgan fingerprint density at radius 3 is 2.75 bits per heavy atom. The normalized spacial score (nSPS) is 9.94. The maximum atomic E-state index is 11.6. The number of nitrogens with one attached hydrogen (secondary N) is 1. The molecule has 0 bridgehead atoms. The predicted octanol–water partition coefficient (Wildman–Crippen LogP) is 1.72. The molecule has 0 aliphatic rings. The maximum Gasteiger partial charge on any atom is 0.252 e. The van der Waals surface area contributed by atoms with Crippen molar-refractivity contribution in [1.29, 1.82) is 0 Å². The Balaban J connectivity index is 2.68. The fourth-order valence-electron chi connectivity index (χ4n) is 1.17. The van der Waals surface area contributed by atoms with Gasteiger partial charge in [0.25, 0.3) is 5.91 Å². The van der Waals surface area contributed by atoms with E-state index in [0.29, 0.717) is 29.5 Å². The zero-order chi connectivity index (χ0) is 12.0. The van der Waals surface area contributed by atoms with E-state index in [-0.39, 0.29) is 5.91 Å². The van der Waals surface area contributed by atoms with Gasteiger partial charge in [-0.05, 0) is 18.2 Å². The van der Waals surface area contributed by atoms with E-state index in [1.807, 2.05) is 0 Å². The fraction of sp³-hybridized carbons (Fsp3) is 0.364. The lowest BCUT2D eigenvalue weighted by Gasteiger charge is -2.07. The molecule has 0 heterocycles. The molecule has 1 aromatic carbocycles. The quantitative estimate of drug-likeness (QED) is 0.802. The van der Waals surface area contributed by atoms with Gasteiger partial charge in [-0.1, -0.05) is 11.6 Å². The van der Waals surface area contributed by atoms with Gasteiger partial charge in [-0.15, -0.1) is 0 Å². The number of carbonyl (C=O) groups excluding carboxylic acids is 1. The molecular formula is C11H14ClNO3. The highest BCUT2D eigenvalue weighted by molar-refractivity contribution is 6.34. The van der Waals surface area contributed by atoms with Crippen LogP contribution in [0.5, 0.6) is 5.75 Å². The molecule has 16 heavy (non-hydrogen) atoms. The summed E-state index contributed by atoms with van der Waals surface area (Å²) in [7, 11) is 3.12. The lowest BCUT2D eigenvalue weighted by Crippen LogP contribution is -2.27. The molecule has 1 aromatic rings. The second-order valence-electron chi connectivity index (χ2n) is 3.09. The largest absolute Gasteiger partial charge is 0.497 e. The molecule has 0 aromatic heterocycles. The lowest BCUT2D eigenvalue weighted by molar-refractivity contribution is 0.0937. The van der Waals surface area contributed by atoms with Gasteiger partial charge in [0.2, 0.25) is 0 Å². The van der Waals surface area contributed by atoms with E-state index in [2.05, 4.69) is 5.32 Å². The van der Waals surface area contributed by atoms with Crippen LogP contribution in [0, 0.1) is 0 Å². The van der Waals surface area contributed by atoms with Crippen LogP contribution in [0.4, 0.5) is 0 Å². The van der Waals surface area contributed by atoms with Gasteiger partial charge >= 0.3 is 0 Å². The Bertz CT molecular complexity index is 368. The average molecular weight is 244 g/mol. The van der Waals surface area contributed by atoms with Crippen molar-refractivity contribution < 1.29 is 14.3 Å². The minimum absolute atomic E-state index is 0.218. The van der Waals surface area contributed by atoms with Crippen LogP contribution in [0.1, 0.15) is 10.4 Å². The Kier molecular flexibility index (Phi) is 5.08. The van der Waals surface area contributed by atoms with Crippen LogP contribution in [0.15, 0.2) is 18.2 Å². The number of methoxy groups -OCH3 is 2. The molecule has 0 radical (unpaired) electrons. The zero-order valence-corrected chi connectivity index (χ0v) is 10.0. The number of carbonyl (C=O) groups is 1. The molecular weight excluding hydrogens is 230 g/mol. The summed E-state index contributed by atoms with van der Waals surface area (Å²) in [5, 5.41) is 3.06. The van der Waals surface area contributed by atoms with Crippen molar-refractivity contribution in [1.82, 2.24) is 5.32 Å². The monoisotopic (exact) mass is 243 g/mol. The molecule has 4 nitrogen and oxygen atoms in total. The van der Waals surface area contributed by atoms with Crippen LogP contribution < -0.4 is 10.1 Å². The third-order valence-electron chi connectivity index (χ3n) is 2.01. The topological polar surface area (TPSA) is 47.6 Å². The standard InChI is InChI=1S/C11H14ClNO3/c1-15-6-5-13-11(14)9-4-3-8(16-2)7-10(9)12/h3-4,7H,5-6H2,1-2H3,(H,13,14). The van der Waals surface area contributed by atoms with E-state index < -0.39 is 0 Å². The summed E-state index contributed by atoms with van der Waals surface area (Å²) in [6.45, 7) is 0.928. The van der Waals surface area contributed by atoms with E-state index >= 15 is 0 Å². The zero-order valence-electron chi connectivity index (χ0n) is 9.25. The van der Waals surface area contributed by atoms with E-state index in [0.717, 1.165) is 0 Å². The minimum atomic E-state index is -0.218. The first-order chi connectivity index (χ1) is 7.69. The number of ether oxygens (including phenoxy) is 2. The summed E-state index contributed by atoms with van der Waals surface area (Å²) in [5.74, 6) is 0.406. The number of halogens is 1. The summed E-state index contributed by atoms with van der Waals surface area (Å²) in [5.41, 5.74) is 0.429. The number of benzene rings is 1. The van der Waals surface area contributed by atoms with Crippen LogP contribution in [-0.2, 0) is 4.74 Å². The molecule has 0 unspecified atom stereocenters. The van der Waals surface area contributed by atoms with Crippen molar-refractivity contribution in [3.05, 3.63) is 28.8 Å². The highest BCUT2D eigenvalue weighted by Gasteiger charge is 2.10. The molecule has 1 rings (SSSR count). The third-order valence-corrected chi connectivity index (χ3v) is 2.33. The molecule has 1 amide bonds. The van der Waals surface area contributed by atoms with Crippen LogP contribution in [0.3, 0.4) is 0 Å². The molecule has 0 saturated carbocycles. The predicted molar refractivity (Wildman–Crippen MR) is 62.2 cm³/mol. The van der Waals surface area contributed by atoms with Gasteiger partial charge in [0, 0.05) is 13.7 Å². The molecule has 5 heteroatoms.